The van der Waals surface area contributed by atoms with Crippen LogP contribution in [0, 0.1) is 12.7 Å². The largest absolute Gasteiger partial charge is 0.206 e. The molecule has 2 heteroatoms. The first-order valence-electron chi connectivity index (χ1n) is 4.69. The molecule has 0 saturated carbocycles. The summed E-state index contributed by atoms with van der Waals surface area (Å²) in [6, 6.07) is 12.2. The Hall–Kier alpha value is -1.34. The molecule has 2 aromatic carbocycles. The van der Waals surface area contributed by atoms with E-state index in [1.807, 2.05) is 25.1 Å². The minimum Gasteiger partial charge on any atom is -0.206 e. The molecule has 2 aromatic rings. The summed E-state index contributed by atoms with van der Waals surface area (Å²) in [7, 11) is 0. The van der Waals surface area contributed by atoms with E-state index >= 15 is 0 Å². The average molecular weight is 221 g/mol. The van der Waals surface area contributed by atoms with Gasteiger partial charge in [0.1, 0.15) is 5.82 Å². The van der Waals surface area contributed by atoms with Crippen molar-refractivity contribution in [2.24, 2.45) is 0 Å². The van der Waals surface area contributed by atoms with Crippen molar-refractivity contribution in [1.29, 1.82) is 0 Å². The van der Waals surface area contributed by atoms with Gasteiger partial charge >= 0.3 is 0 Å². The van der Waals surface area contributed by atoms with Crippen LogP contribution >= 0.6 is 11.6 Å². The number of benzene rings is 2. The lowest BCUT2D eigenvalue weighted by molar-refractivity contribution is 0.631. The molecule has 0 aliphatic heterocycles. The van der Waals surface area contributed by atoms with Crippen LogP contribution in [0.2, 0.25) is 5.02 Å². The second-order valence-electron chi connectivity index (χ2n) is 3.44. The topological polar surface area (TPSA) is 0 Å². The summed E-state index contributed by atoms with van der Waals surface area (Å²) in [6.07, 6.45) is 0. The monoisotopic (exact) mass is 220 g/mol. The van der Waals surface area contributed by atoms with Crippen LogP contribution in [-0.2, 0) is 0 Å². The maximum Gasteiger partial charge on any atom is 0.131 e. The van der Waals surface area contributed by atoms with E-state index in [-0.39, 0.29) is 5.82 Å². The molecule has 76 valence electrons. The van der Waals surface area contributed by atoms with Crippen molar-refractivity contribution in [1.82, 2.24) is 0 Å². The van der Waals surface area contributed by atoms with Crippen molar-refractivity contribution in [2.45, 2.75) is 6.92 Å². The number of hydrogen-bond donors (Lipinski definition) is 0. The molecule has 0 N–H and O–H groups in total. The zero-order valence-electron chi connectivity index (χ0n) is 8.30. The fourth-order valence-corrected chi connectivity index (χ4v) is 1.84. The van der Waals surface area contributed by atoms with Crippen LogP contribution in [0.4, 0.5) is 4.39 Å². The van der Waals surface area contributed by atoms with Crippen molar-refractivity contribution >= 4 is 11.6 Å². The molecule has 0 radical (unpaired) electrons. The fourth-order valence-electron chi connectivity index (χ4n) is 1.61. The molecule has 0 amide bonds. The van der Waals surface area contributed by atoms with Crippen molar-refractivity contribution < 1.29 is 4.39 Å². The number of rotatable bonds is 1. The van der Waals surface area contributed by atoms with Gasteiger partial charge in [0.05, 0.1) is 0 Å². The molecule has 0 aromatic heterocycles. The van der Waals surface area contributed by atoms with Gasteiger partial charge in [-0.25, -0.2) is 4.39 Å². The van der Waals surface area contributed by atoms with Crippen LogP contribution < -0.4 is 0 Å². The third-order valence-corrected chi connectivity index (χ3v) is 2.59. The summed E-state index contributed by atoms with van der Waals surface area (Å²) in [5, 5.41) is 0.674. The second-order valence-corrected chi connectivity index (χ2v) is 3.88. The first-order valence-corrected chi connectivity index (χ1v) is 5.07. The van der Waals surface area contributed by atoms with E-state index in [1.54, 1.807) is 18.2 Å². The van der Waals surface area contributed by atoms with E-state index in [0.717, 1.165) is 11.1 Å². The predicted molar refractivity (Wildman–Crippen MR) is 61.6 cm³/mol. The minimum absolute atomic E-state index is 0.206. The summed E-state index contributed by atoms with van der Waals surface area (Å²) in [6.45, 7) is 1.92. The highest BCUT2D eigenvalue weighted by atomic mass is 35.5. The van der Waals surface area contributed by atoms with Gasteiger partial charge in [-0.3, -0.25) is 0 Å². The highest BCUT2D eigenvalue weighted by molar-refractivity contribution is 6.30. The van der Waals surface area contributed by atoms with E-state index in [2.05, 4.69) is 0 Å². The van der Waals surface area contributed by atoms with Crippen LogP contribution in [0.1, 0.15) is 5.56 Å². The lowest BCUT2D eigenvalue weighted by Crippen LogP contribution is -1.86. The third-order valence-electron chi connectivity index (χ3n) is 2.35. The highest BCUT2D eigenvalue weighted by Crippen LogP contribution is 2.27. The lowest BCUT2D eigenvalue weighted by Gasteiger charge is -2.07. The molecule has 2 rings (SSSR count). The number of hydrogen-bond acceptors (Lipinski definition) is 0. The van der Waals surface area contributed by atoms with Gasteiger partial charge in [0.2, 0.25) is 0 Å². The summed E-state index contributed by atoms with van der Waals surface area (Å²) in [4.78, 5) is 0. The molecule has 0 fully saturated rings. The molecule has 0 saturated heterocycles. The standard InChI is InChI=1S/C13H10ClF/c1-9-8-10(14)6-7-11(9)12-4-2-3-5-13(12)15/h2-8H,1H3. The molecule has 0 heterocycles. The zero-order chi connectivity index (χ0) is 10.8. The van der Waals surface area contributed by atoms with Gasteiger partial charge in [0.25, 0.3) is 0 Å². The normalized spacial score (nSPS) is 10.3. The molecule has 0 bridgehead atoms. The van der Waals surface area contributed by atoms with E-state index in [1.165, 1.54) is 6.07 Å². The van der Waals surface area contributed by atoms with E-state index in [0.29, 0.717) is 10.6 Å². The predicted octanol–water partition coefficient (Wildman–Crippen LogP) is 4.45. The van der Waals surface area contributed by atoms with Crippen molar-refractivity contribution in [3.63, 3.8) is 0 Å². The molecular weight excluding hydrogens is 211 g/mol. The van der Waals surface area contributed by atoms with Gasteiger partial charge in [0.15, 0.2) is 0 Å². The lowest BCUT2D eigenvalue weighted by atomic mass is 10.0. The van der Waals surface area contributed by atoms with Crippen molar-refractivity contribution in [3.8, 4) is 11.1 Å². The van der Waals surface area contributed by atoms with Crippen LogP contribution in [0.25, 0.3) is 11.1 Å². The maximum atomic E-state index is 13.5. The summed E-state index contributed by atoms with van der Waals surface area (Å²) in [5.41, 5.74) is 2.48. The molecule has 0 nitrogen and oxygen atoms in total. The Morgan fingerprint density at radius 3 is 2.40 bits per heavy atom. The van der Waals surface area contributed by atoms with E-state index in [4.69, 9.17) is 11.6 Å². The van der Waals surface area contributed by atoms with Crippen molar-refractivity contribution in [2.75, 3.05) is 0 Å². The minimum atomic E-state index is -0.206. The average Bonchev–Trinajstić information content (AvgIpc) is 2.20. The quantitative estimate of drug-likeness (QED) is 0.666. The van der Waals surface area contributed by atoms with Crippen LogP contribution in [0.15, 0.2) is 42.5 Å². The van der Waals surface area contributed by atoms with Gasteiger partial charge in [-0.15, -0.1) is 0 Å². The fraction of sp³-hybridized carbons (Fsp3) is 0.0769. The van der Waals surface area contributed by atoms with Gasteiger partial charge < -0.3 is 0 Å². The van der Waals surface area contributed by atoms with Crippen LogP contribution in [0.3, 0.4) is 0 Å². The van der Waals surface area contributed by atoms with Crippen LogP contribution in [-0.4, -0.2) is 0 Å². The summed E-state index contributed by atoms with van der Waals surface area (Å²) < 4.78 is 13.5. The van der Waals surface area contributed by atoms with Gasteiger partial charge in [-0.1, -0.05) is 35.9 Å². The van der Waals surface area contributed by atoms with Gasteiger partial charge in [0, 0.05) is 10.6 Å². The Bertz CT molecular complexity index is 492. The molecular formula is C13H10ClF. The molecule has 0 aliphatic rings. The Morgan fingerprint density at radius 2 is 1.73 bits per heavy atom. The maximum absolute atomic E-state index is 13.5. The Kier molecular flexibility index (Phi) is 2.74. The molecule has 0 aliphatic carbocycles. The van der Waals surface area contributed by atoms with Gasteiger partial charge in [-0.05, 0) is 36.2 Å². The molecule has 0 atom stereocenters. The first-order chi connectivity index (χ1) is 7.18. The van der Waals surface area contributed by atoms with Gasteiger partial charge in [-0.2, -0.15) is 0 Å². The van der Waals surface area contributed by atoms with Crippen molar-refractivity contribution in [3.05, 3.63) is 58.9 Å². The Morgan fingerprint density at radius 1 is 1.00 bits per heavy atom. The smallest absolute Gasteiger partial charge is 0.131 e. The molecule has 15 heavy (non-hydrogen) atoms. The molecule has 0 spiro atoms. The summed E-state index contributed by atoms with van der Waals surface area (Å²) in [5.74, 6) is -0.206. The van der Waals surface area contributed by atoms with E-state index < -0.39 is 0 Å². The Labute approximate surface area is 93.3 Å². The third kappa shape index (κ3) is 2.02. The highest BCUT2D eigenvalue weighted by Gasteiger charge is 2.06. The van der Waals surface area contributed by atoms with Crippen LogP contribution in [0.5, 0.6) is 0 Å². The van der Waals surface area contributed by atoms with E-state index in [9.17, 15) is 4.39 Å². The SMILES string of the molecule is Cc1cc(Cl)ccc1-c1ccccc1F. The molecule has 0 unspecified atom stereocenters. The zero-order valence-corrected chi connectivity index (χ0v) is 9.05. The Balaban J connectivity index is 2.60. The summed E-state index contributed by atoms with van der Waals surface area (Å²) >= 11 is 5.85. The number of halogens is 2. The number of aryl methyl sites for hydroxylation is 1. The first kappa shape index (κ1) is 10.2. The second kappa shape index (κ2) is 4.03.